The number of carbonyl (C=O) groups excluding carboxylic acids is 1. The summed E-state index contributed by atoms with van der Waals surface area (Å²) in [5.41, 5.74) is 4.63. The normalized spacial score (nSPS) is 11.2. The molecule has 0 atom stereocenters. The monoisotopic (exact) mass is 459 g/mol. The summed E-state index contributed by atoms with van der Waals surface area (Å²) in [5, 5.41) is 15.2. The highest BCUT2D eigenvalue weighted by atomic mass is 32.2. The first-order valence-corrected chi connectivity index (χ1v) is 10.3. The molecule has 1 heterocycles. The molecule has 3 rings (SSSR count). The molecule has 0 radical (unpaired) electrons. The summed E-state index contributed by atoms with van der Waals surface area (Å²) in [4.78, 5) is 12.3. The van der Waals surface area contributed by atoms with Gasteiger partial charge in [0.05, 0.1) is 25.7 Å². The number of nitrogens with zero attached hydrogens (tertiary/aromatic N) is 4. The van der Waals surface area contributed by atoms with E-state index in [1.54, 1.807) is 37.3 Å². The first kappa shape index (κ1) is 22.9. The zero-order valence-electron chi connectivity index (χ0n) is 17.6. The van der Waals surface area contributed by atoms with E-state index in [9.17, 15) is 9.18 Å². The Morgan fingerprint density at radius 3 is 2.56 bits per heavy atom. The maximum absolute atomic E-state index is 13.0. The van der Waals surface area contributed by atoms with Crippen molar-refractivity contribution in [1.29, 1.82) is 0 Å². The second-order valence-electron chi connectivity index (χ2n) is 6.40. The van der Waals surface area contributed by atoms with Crippen LogP contribution >= 0.6 is 11.8 Å². The number of carbonyl (C=O) groups is 1. The minimum atomic E-state index is -0.326. The van der Waals surface area contributed by atoms with Crippen molar-refractivity contribution >= 4 is 35.0 Å². The van der Waals surface area contributed by atoms with Crippen LogP contribution in [0.25, 0.3) is 0 Å². The van der Waals surface area contributed by atoms with Crippen molar-refractivity contribution < 1.29 is 18.7 Å². The van der Waals surface area contributed by atoms with E-state index in [0.717, 1.165) is 17.3 Å². The van der Waals surface area contributed by atoms with Gasteiger partial charge >= 0.3 is 0 Å². The molecule has 0 aliphatic rings. The predicted molar refractivity (Wildman–Crippen MR) is 121 cm³/mol. The number of hydrogen-bond donors (Lipinski definition) is 3. The van der Waals surface area contributed by atoms with Crippen molar-refractivity contribution in [2.45, 2.75) is 12.1 Å². The highest BCUT2D eigenvalue weighted by molar-refractivity contribution is 7.99. The number of nitrogen functional groups attached to an aromatic ring is 1. The molecule has 10 nitrogen and oxygen atoms in total. The number of hydrogen-bond acceptors (Lipinski definition) is 9. The largest absolute Gasteiger partial charge is 0.493 e. The second-order valence-corrected chi connectivity index (χ2v) is 7.34. The van der Waals surface area contributed by atoms with Crippen LogP contribution < -0.4 is 26.1 Å². The zero-order chi connectivity index (χ0) is 23.1. The molecule has 0 aliphatic carbocycles. The number of hydrazone groups is 1. The van der Waals surface area contributed by atoms with E-state index in [1.165, 1.54) is 31.0 Å². The summed E-state index contributed by atoms with van der Waals surface area (Å²) in [6, 6.07) is 11.0. The minimum Gasteiger partial charge on any atom is -0.493 e. The molecule has 0 saturated carbocycles. The van der Waals surface area contributed by atoms with E-state index in [4.69, 9.17) is 15.3 Å². The van der Waals surface area contributed by atoms with Crippen LogP contribution in [-0.4, -0.2) is 46.5 Å². The molecule has 0 bridgehead atoms. The van der Waals surface area contributed by atoms with Crippen molar-refractivity contribution in [3.63, 3.8) is 0 Å². The van der Waals surface area contributed by atoms with Crippen LogP contribution in [0.2, 0.25) is 0 Å². The van der Waals surface area contributed by atoms with Crippen LogP contribution in [-0.2, 0) is 4.79 Å². The molecule has 32 heavy (non-hydrogen) atoms. The molecule has 3 aromatic rings. The van der Waals surface area contributed by atoms with Gasteiger partial charge in [0, 0.05) is 11.8 Å². The quantitative estimate of drug-likeness (QED) is 0.193. The molecular weight excluding hydrogens is 437 g/mol. The third-order valence-electron chi connectivity index (χ3n) is 4.25. The fourth-order valence-corrected chi connectivity index (χ4v) is 3.24. The number of amides is 1. The molecule has 0 saturated heterocycles. The predicted octanol–water partition coefficient (Wildman–Crippen LogP) is 2.72. The SMILES string of the molecule is COc1ccc(NC(=O)CSc2nnc(N/N=C(\C)c3ccc(F)cc3)n2N)cc1OC. The van der Waals surface area contributed by atoms with Crippen molar-refractivity contribution in [2.24, 2.45) is 5.10 Å². The molecule has 2 aromatic carbocycles. The molecule has 0 unspecified atom stereocenters. The topological polar surface area (TPSA) is 129 Å². The molecule has 1 aromatic heterocycles. The molecule has 0 fully saturated rings. The third kappa shape index (κ3) is 5.66. The van der Waals surface area contributed by atoms with Gasteiger partial charge < -0.3 is 20.6 Å². The molecule has 12 heteroatoms. The number of nitrogens with two attached hydrogens (primary N) is 1. The molecule has 4 N–H and O–H groups in total. The number of ether oxygens (including phenoxy) is 2. The summed E-state index contributed by atoms with van der Waals surface area (Å²) >= 11 is 1.11. The van der Waals surface area contributed by atoms with Gasteiger partial charge in [-0.25, -0.2) is 14.5 Å². The highest BCUT2D eigenvalue weighted by Crippen LogP contribution is 2.29. The van der Waals surface area contributed by atoms with E-state index >= 15 is 0 Å². The van der Waals surface area contributed by atoms with Gasteiger partial charge in [-0.15, -0.1) is 10.2 Å². The average molecular weight is 460 g/mol. The van der Waals surface area contributed by atoms with Gasteiger partial charge in [0.1, 0.15) is 5.82 Å². The average Bonchev–Trinajstić information content (AvgIpc) is 3.15. The number of methoxy groups -OCH3 is 2. The lowest BCUT2D eigenvalue weighted by Gasteiger charge is -2.10. The number of thioether (sulfide) groups is 1. The first-order valence-electron chi connectivity index (χ1n) is 9.32. The molecule has 168 valence electrons. The van der Waals surface area contributed by atoms with Gasteiger partial charge in [-0.1, -0.05) is 23.9 Å². The Labute approximate surface area is 188 Å². The third-order valence-corrected chi connectivity index (χ3v) is 5.19. The number of halogens is 1. The van der Waals surface area contributed by atoms with Gasteiger partial charge in [-0.05, 0) is 36.8 Å². The standard InChI is InChI=1S/C20H22FN7O3S/c1-12(13-4-6-14(21)7-5-13)24-25-19-26-27-20(28(19)22)32-11-18(29)23-15-8-9-16(30-2)17(10-15)31-3/h4-10H,11,22H2,1-3H3,(H,23,29)(H,25,26)/b24-12+. The summed E-state index contributed by atoms with van der Waals surface area (Å²) < 4.78 is 24.6. The Bertz CT molecular complexity index is 1120. The van der Waals surface area contributed by atoms with Crippen LogP contribution in [0.3, 0.4) is 0 Å². The summed E-state index contributed by atoms with van der Waals surface area (Å²) in [6.45, 7) is 1.76. The Morgan fingerprint density at radius 2 is 1.88 bits per heavy atom. The van der Waals surface area contributed by atoms with Crippen molar-refractivity contribution in [1.82, 2.24) is 14.9 Å². The Kier molecular flexibility index (Phi) is 7.49. The van der Waals surface area contributed by atoms with Crippen LogP contribution in [0.15, 0.2) is 52.7 Å². The maximum atomic E-state index is 13.0. The van der Waals surface area contributed by atoms with E-state index in [0.29, 0.717) is 28.1 Å². The van der Waals surface area contributed by atoms with E-state index in [1.807, 2.05) is 0 Å². The lowest BCUT2D eigenvalue weighted by atomic mass is 10.1. The highest BCUT2D eigenvalue weighted by Gasteiger charge is 2.13. The summed E-state index contributed by atoms with van der Waals surface area (Å²) in [7, 11) is 3.05. The van der Waals surface area contributed by atoms with Crippen molar-refractivity contribution in [3.05, 3.63) is 53.8 Å². The van der Waals surface area contributed by atoms with Crippen LogP contribution in [0.5, 0.6) is 11.5 Å². The van der Waals surface area contributed by atoms with Gasteiger partial charge in [0.15, 0.2) is 11.5 Å². The Balaban J connectivity index is 1.57. The van der Waals surface area contributed by atoms with E-state index in [2.05, 4.69) is 26.0 Å². The van der Waals surface area contributed by atoms with E-state index < -0.39 is 0 Å². The lowest BCUT2D eigenvalue weighted by Crippen LogP contribution is -2.17. The number of rotatable bonds is 9. The Hall–Kier alpha value is -3.80. The Morgan fingerprint density at radius 1 is 1.16 bits per heavy atom. The van der Waals surface area contributed by atoms with Crippen LogP contribution in [0.1, 0.15) is 12.5 Å². The lowest BCUT2D eigenvalue weighted by molar-refractivity contribution is -0.113. The van der Waals surface area contributed by atoms with Gasteiger partial charge in [-0.3, -0.25) is 4.79 Å². The first-order chi connectivity index (χ1) is 15.4. The van der Waals surface area contributed by atoms with Gasteiger partial charge in [-0.2, -0.15) is 5.10 Å². The molecule has 0 spiro atoms. The zero-order valence-corrected chi connectivity index (χ0v) is 18.4. The molecular formula is C20H22FN7O3S. The van der Waals surface area contributed by atoms with Gasteiger partial charge in [0.2, 0.25) is 11.1 Å². The van der Waals surface area contributed by atoms with Crippen molar-refractivity contribution in [2.75, 3.05) is 36.6 Å². The van der Waals surface area contributed by atoms with Crippen molar-refractivity contribution in [3.8, 4) is 11.5 Å². The number of benzene rings is 2. The van der Waals surface area contributed by atoms with Gasteiger partial charge in [0.25, 0.3) is 5.95 Å². The number of aromatic nitrogens is 3. The fraction of sp³-hybridized carbons (Fsp3) is 0.200. The maximum Gasteiger partial charge on any atom is 0.264 e. The van der Waals surface area contributed by atoms with E-state index in [-0.39, 0.29) is 23.4 Å². The molecule has 1 amide bonds. The molecule has 0 aliphatic heterocycles. The van der Waals surface area contributed by atoms with Crippen LogP contribution in [0.4, 0.5) is 16.0 Å². The van der Waals surface area contributed by atoms with Crippen LogP contribution in [0, 0.1) is 5.82 Å². The fourth-order valence-electron chi connectivity index (χ4n) is 2.58. The smallest absolute Gasteiger partial charge is 0.264 e. The summed E-state index contributed by atoms with van der Waals surface area (Å²) in [5.74, 6) is 6.71. The summed E-state index contributed by atoms with van der Waals surface area (Å²) in [6.07, 6.45) is 0. The second kappa shape index (κ2) is 10.5. The minimum absolute atomic E-state index is 0.0571. The number of nitrogens with one attached hydrogen (secondary N) is 2. The number of anilines is 2.